The normalized spacial score (nSPS) is 17.4. The number of amides is 1. The predicted octanol–water partition coefficient (Wildman–Crippen LogP) is 1.05. The molecule has 2 fully saturated rings. The molecule has 5 rings (SSSR count). The number of anilines is 1. The lowest BCUT2D eigenvalue weighted by atomic mass is 10.2. The number of H-pyrrole nitrogens is 1. The number of nitrogens with zero attached hydrogens (tertiary/aromatic N) is 6. The van der Waals surface area contributed by atoms with Crippen LogP contribution in [0.25, 0.3) is 11.9 Å². The van der Waals surface area contributed by atoms with E-state index in [1.807, 2.05) is 21.9 Å². The minimum atomic E-state index is -0.134. The van der Waals surface area contributed by atoms with Crippen LogP contribution in [0.2, 0.25) is 0 Å². The molecule has 3 aromatic heterocycles. The molecule has 0 bridgehead atoms. The molecule has 0 radical (unpaired) electrons. The highest BCUT2D eigenvalue weighted by atomic mass is 16.2. The molecule has 0 atom stereocenters. The van der Waals surface area contributed by atoms with Gasteiger partial charge in [-0.1, -0.05) is 6.07 Å². The second kappa shape index (κ2) is 7.16. The van der Waals surface area contributed by atoms with Crippen LogP contribution in [0.3, 0.4) is 0 Å². The third kappa shape index (κ3) is 3.63. The van der Waals surface area contributed by atoms with E-state index in [2.05, 4.69) is 20.1 Å². The number of piperazine rings is 1. The van der Waals surface area contributed by atoms with Crippen LogP contribution in [-0.4, -0.2) is 61.6 Å². The summed E-state index contributed by atoms with van der Waals surface area (Å²) in [6.07, 6.45) is 8.95. The van der Waals surface area contributed by atoms with E-state index in [0.717, 1.165) is 24.1 Å². The van der Waals surface area contributed by atoms with Crippen molar-refractivity contribution in [1.29, 1.82) is 0 Å². The summed E-state index contributed by atoms with van der Waals surface area (Å²) >= 11 is 0. The second-order valence-electron chi connectivity index (χ2n) is 7.41. The topological polar surface area (TPSA) is 99.5 Å². The maximum Gasteiger partial charge on any atom is 0.274 e. The third-order valence-electron chi connectivity index (χ3n) is 5.33. The van der Waals surface area contributed by atoms with Gasteiger partial charge in [-0.3, -0.25) is 19.7 Å². The molecule has 0 unspecified atom stereocenters. The molecule has 1 aliphatic heterocycles. The summed E-state index contributed by atoms with van der Waals surface area (Å²) < 4.78 is 1.38. The van der Waals surface area contributed by atoms with Gasteiger partial charge in [0.05, 0.1) is 5.69 Å². The summed E-state index contributed by atoms with van der Waals surface area (Å²) in [5, 5.41) is 3.04. The average Bonchev–Trinajstić information content (AvgIpc) is 3.52. The van der Waals surface area contributed by atoms with E-state index in [1.54, 1.807) is 30.6 Å². The Hall–Kier alpha value is -3.49. The summed E-state index contributed by atoms with van der Waals surface area (Å²) in [4.78, 5) is 41.7. The van der Waals surface area contributed by atoms with Gasteiger partial charge in [-0.25, -0.2) is 4.98 Å². The van der Waals surface area contributed by atoms with Crippen LogP contribution in [0.1, 0.15) is 30.0 Å². The van der Waals surface area contributed by atoms with Crippen LogP contribution in [-0.2, 0) is 4.79 Å². The Morgan fingerprint density at radius 1 is 1.17 bits per heavy atom. The minimum absolute atomic E-state index is 0.0231. The monoisotopic (exact) mass is 391 g/mol. The molecule has 2 aliphatic rings. The Morgan fingerprint density at radius 2 is 2.00 bits per heavy atom. The number of rotatable bonds is 4. The van der Waals surface area contributed by atoms with Crippen molar-refractivity contribution in [3.8, 4) is 0 Å². The fourth-order valence-electron chi connectivity index (χ4n) is 3.50. The van der Waals surface area contributed by atoms with Gasteiger partial charge in [0.1, 0.15) is 0 Å². The first kappa shape index (κ1) is 17.6. The van der Waals surface area contributed by atoms with E-state index < -0.39 is 0 Å². The summed E-state index contributed by atoms with van der Waals surface area (Å²) in [6, 6.07) is 5.34. The van der Waals surface area contributed by atoms with Gasteiger partial charge in [0.2, 0.25) is 11.9 Å². The zero-order valence-corrected chi connectivity index (χ0v) is 15.9. The first-order chi connectivity index (χ1) is 14.2. The van der Waals surface area contributed by atoms with E-state index in [0.29, 0.717) is 43.8 Å². The molecule has 9 nitrogen and oxygen atoms in total. The molecular weight excluding hydrogens is 370 g/mol. The number of aromatic nitrogens is 5. The fraction of sp³-hybridized carbons (Fsp3) is 0.350. The molecule has 9 heteroatoms. The van der Waals surface area contributed by atoms with Gasteiger partial charge in [0.15, 0.2) is 0 Å². The standard InChI is InChI=1S/C20H21N7O2/c28-17(6-3-14-2-1-7-21-13-14)25-8-10-26(11-9-25)20-23-19-22-16(15-4-5-15)12-18(29)27(19)24-20/h1-3,6-7,12-13,15H,4-5,8-11H2,(H,22,23,24). The Kier molecular flexibility index (Phi) is 4.34. The molecule has 148 valence electrons. The molecular formula is C20H21N7O2. The lowest BCUT2D eigenvalue weighted by Gasteiger charge is -2.33. The lowest BCUT2D eigenvalue weighted by molar-refractivity contribution is -0.126. The van der Waals surface area contributed by atoms with Crippen LogP contribution >= 0.6 is 0 Å². The molecule has 1 N–H and O–H groups in total. The van der Waals surface area contributed by atoms with Crippen LogP contribution in [0, 0.1) is 0 Å². The number of carbonyl (C=O) groups is 1. The van der Waals surface area contributed by atoms with Crippen LogP contribution in [0.15, 0.2) is 41.5 Å². The SMILES string of the molecule is O=C(C=Cc1cccnc1)N1CCN(c2nc3nc(C4CC4)cc(=O)n3[nH]2)CC1. The van der Waals surface area contributed by atoms with Gasteiger partial charge in [0, 0.05) is 56.6 Å². The molecule has 3 aromatic rings. The van der Waals surface area contributed by atoms with Crippen molar-refractivity contribution >= 4 is 23.7 Å². The highest BCUT2D eigenvalue weighted by molar-refractivity contribution is 5.91. The maximum absolute atomic E-state index is 12.4. The van der Waals surface area contributed by atoms with Crippen molar-refractivity contribution in [2.45, 2.75) is 18.8 Å². The van der Waals surface area contributed by atoms with Crippen molar-refractivity contribution < 1.29 is 4.79 Å². The number of carbonyl (C=O) groups excluding carboxylic acids is 1. The zero-order chi connectivity index (χ0) is 19.8. The van der Waals surface area contributed by atoms with Gasteiger partial charge < -0.3 is 9.80 Å². The molecule has 1 amide bonds. The molecule has 29 heavy (non-hydrogen) atoms. The number of hydrogen-bond donors (Lipinski definition) is 1. The molecule has 4 heterocycles. The average molecular weight is 391 g/mol. The van der Waals surface area contributed by atoms with E-state index >= 15 is 0 Å². The highest BCUT2D eigenvalue weighted by Crippen LogP contribution is 2.38. The van der Waals surface area contributed by atoms with Crippen LogP contribution in [0.4, 0.5) is 5.95 Å². The van der Waals surface area contributed by atoms with Crippen molar-refractivity contribution in [3.63, 3.8) is 0 Å². The Bertz CT molecular complexity index is 1120. The number of hydrogen-bond acceptors (Lipinski definition) is 6. The van der Waals surface area contributed by atoms with Gasteiger partial charge in [-0.05, 0) is 30.5 Å². The van der Waals surface area contributed by atoms with E-state index in [4.69, 9.17) is 0 Å². The van der Waals surface area contributed by atoms with Crippen molar-refractivity contribution in [1.82, 2.24) is 29.5 Å². The number of aromatic amines is 1. The van der Waals surface area contributed by atoms with Crippen molar-refractivity contribution in [2.75, 3.05) is 31.1 Å². The number of nitrogens with one attached hydrogen (secondary N) is 1. The zero-order valence-electron chi connectivity index (χ0n) is 15.9. The molecule has 0 spiro atoms. The summed E-state index contributed by atoms with van der Waals surface area (Å²) in [7, 11) is 0. The molecule has 1 aliphatic carbocycles. The Morgan fingerprint density at radius 3 is 2.72 bits per heavy atom. The van der Waals surface area contributed by atoms with Crippen LogP contribution < -0.4 is 10.5 Å². The number of pyridine rings is 1. The maximum atomic E-state index is 12.4. The predicted molar refractivity (Wildman–Crippen MR) is 108 cm³/mol. The second-order valence-corrected chi connectivity index (χ2v) is 7.41. The van der Waals surface area contributed by atoms with Gasteiger partial charge in [-0.2, -0.15) is 9.50 Å². The highest BCUT2D eigenvalue weighted by Gasteiger charge is 2.27. The molecule has 0 aromatic carbocycles. The van der Waals surface area contributed by atoms with E-state index in [9.17, 15) is 9.59 Å². The minimum Gasteiger partial charge on any atom is -0.338 e. The van der Waals surface area contributed by atoms with E-state index in [1.165, 1.54) is 4.52 Å². The summed E-state index contributed by atoms with van der Waals surface area (Å²) in [6.45, 7) is 2.44. The first-order valence-corrected chi connectivity index (χ1v) is 9.79. The van der Waals surface area contributed by atoms with E-state index in [-0.39, 0.29) is 11.5 Å². The first-order valence-electron chi connectivity index (χ1n) is 9.79. The largest absolute Gasteiger partial charge is 0.338 e. The summed E-state index contributed by atoms with van der Waals surface area (Å²) in [5.74, 6) is 1.40. The molecule has 1 saturated carbocycles. The Labute approximate surface area is 166 Å². The fourth-order valence-corrected chi connectivity index (χ4v) is 3.50. The third-order valence-corrected chi connectivity index (χ3v) is 5.33. The smallest absolute Gasteiger partial charge is 0.274 e. The lowest BCUT2D eigenvalue weighted by Crippen LogP contribution is -2.48. The van der Waals surface area contributed by atoms with Crippen molar-refractivity contribution in [3.05, 3.63) is 58.3 Å². The van der Waals surface area contributed by atoms with Crippen molar-refractivity contribution in [2.24, 2.45) is 0 Å². The molecule has 1 saturated heterocycles. The van der Waals surface area contributed by atoms with Crippen LogP contribution in [0.5, 0.6) is 0 Å². The number of fused-ring (bicyclic) bond motifs is 1. The summed E-state index contributed by atoms with van der Waals surface area (Å²) in [5.41, 5.74) is 1.60. The van der Waals surface area contributed by atoms with Gasteiger partial charge in [-0.15, -0.1) is 0 Å². The Balaban J connectivity index is 1.25. The van der Waals surface area contributed by atoms with Gasteiger partial charge in [0.25, 0.3) is 11.3 Å². The quantitative estimate of drug-likeness (QED) is 0.668. The van der Waals surface area contributed by atoms with Gasteiger partial charge >= 0.3 is 0 Å².